The average Bonchev–Trinajstić information content (AvgIpc) is 3.57. The van der Waals surface area contributed by atoms with Crippen molar-refractivity contribution in [3.05, 3.63) is 35.4 Å². The van der Waals surface area contributed by atoms with Crippen molar-refractivity contribution in [3.8, 4) is 0 Å². The number of guanidine groups is 1. The first-order valence-electron chi connectivity index (χ1n) is 11.3. The highest BCUT2D eigenvalue weighted by atomic mass is 16.2. The summed E-state index contributed by atoms with van der Waals surface area (Å²) in [4.78, 5) is 35.1. The number of nitrogens with one attached hydrogen (secondary N) is 2. The molecule has 1 aromatic rings. The van der Waals surface area contributed by atoms with Gasteiger partial charge >= 0.3 is 0 Å². The zero-order valence-corrected chi connectivity index (χ0v) is 19.1. The second-order valence-corrected chi connectivity index (χ2v) is 8.49. The molecule has 0 unspecified atom stereocenters. The van der Waals surface area contributed by atoms with Gasteiger partial charge in [0.1, 0.15) is 0 Å². The fraction of sp³-hybridized carbons (Fsp3) is 0.609. The van der Waals surface area contributed by atoms with E-state index in [4.69, 9.17) is 4.99 Å². The standard InChI is InChI=1S/C23H36N6O2/c1-4-24-23(25-11-10-18-6-5-7-19(16-18)22(31)27(2)3)29-14-12-28(13-15-29)17-21(30)26-20-8-9-20/h5-7,16,20H,4,8-15,17H2,1-3H3,(H,24,25)(H,26,30). The summed E-state index contributed by atoms with van der Waals surface area (Å²) in [5.41, 5.74) is 1.82. The van der Waals surface area contributed by atoms with Crippen LogP contribution in [0.15, 0.2) is 29.3 Å². The van der Waals surface area contributed by atoms with E-state index in [1.165, 1.54) is 0 Å². The summed E-state index contributed by atoms with van der Waals surface area (Å²) in [5.74, 6) is 1.08. The Morgan fingerprint density at radius 3 is 2.55 bits per heavy atom. The molecule has 2 fully saturated rings. The molecule has 2 amide bonds. The Morgan fingerprint density at radius 1 is 1.16 bits per heavy atom. The van der Waals surface area contributed by atoms with E-state index in [1.54, 1.807) is 19.0 Å². The van der Waals surface area contributed by atoms with E-state index in [0.29, 0.717) is 24.7 Å². The molecular formula is C23H36N6O2. The first kappa shape index (κ1) is 23.1. The van der Waals surface area contributed by atoms with Crippen LogP contribution in [-0.2, 0) is 11.2 Å². The minimum atomic E-state index is 0.0161. The maximum absolute atomic E-state index is 12.2. The highest BCUT2D eigenvalue weighted by Crippen LogP contribution is 2.18. The molecule has 1 heterocycles. The number of nitrogens with zero attached hydrogens (tertiary/aromatic N) is 4. The van der Waals surface area contributed by atoms with Crippen molar-refractivity contribution >= 4 is 17.8 Å². The second kappa shape index (κ2) is 11.1. The van der Waals surface area contributed by atoms with E-state index >= 15 is 0 Å². The van der Waals surface area contributed by atoms with Crippen LogP contribution in [-0.4, -0.2) is 98.4 Å². The lowest BCUT2D eigenvalue weighted by Crippen LogP contribution is -2.54. The maximum atomic E-state index is 12.2. The number of carbonyl (C=O) groups is 2. The molecule has 1 saturated heterocycles. The molecular weight excluding hydrogens is 392 g/mol. The summed E-state index contributed by atoms with van der Waals surface area (Å²) in [7, 11) is 3.53. The molecule has 2 N–H and O–H groups in total. The largest absolute Gasteiger partial charge is 0.357 e. The Labute approximate surface area is 185 Å². The van der Waals surface area contributed by atoms with E-state index < -0.39 is 0 Å². The fourth-order valence-electron chi connectivity index (χ4n) is 3.66. The molecule has 0 radical (unpaired) electrons. The van der Waals surface area contributed by atoms with Crippen LogP contribution in [0, 0.1) is 0 Å². The molecule has 8 nitrogen and oxygen atoms in total. The molecule has 8 heteroatoms. The molecule has 170 valence electrons. The van der Waals surface area contributed by atoms with Crippen LogP contribution in [0.5, 0.6) is 0 Å². The highest BCUT2D eigenvalue weighted by Gasteiger charge is 2.25. The van der Waals surface area contributed by atoms with E-state index in [1.807, 2.05) is 24.3 Å². The average molecular weight is 429 g/mol. The molecule has 0 atom stereocenters. The smallest absolute Gasteiger partial charge is 0.253 e. The molecule has 0 bridgehead atoms. The number of piperazine rings is 1. The van der Waals surface area contributed by atoms with Crippen LogP contribution in [0.2, 0.25) is 0 Å². The van der Waals surface area contributed by atoms with Crippen LogP contribution in [0.3, 0.4) is 0 Å². The van der Waals surface area contributed by atoms with E-state index in [9.17, 15) is 9.59 Å². The third kappa shape index (κ3) is 7.24. The lowest BCUT2D eigenvalue weighted by Gasteiger charge is -2.36. The van der Waals surface area contributed by atoms with Crippen molar-refractivity contribution in [3.63, 3.8) is 0 Å². The summed E-state index contributed by atoms with van der Waals surface area (Å²) in [6.45, 7) is 7.46. The summed E-state index contributed by atoms with van der Waals surface area (Å²) >= 11 is 0. The van der Waals surface area contributed by atoms with Gasteiger partial charge in [-0.25, -0.2) is 0 Å². The quantitative estimate of drug-likeness (QED) is 0.473. The summed E-state index contributed by atoms with van der Waals surface area (Å²) < 4.78 is 0. The van der Waals surface area contributed by atoms with Gasteiger partial charge in [-0.2, -0.15) is 0 Å². The van der Waals surface area contributed by atoms with Crippen molar-refractivity contribution in [1.82, 2.24) is 25.3 Å². The molecule has 0 spiro atoms. The third-order valence-corrected chi connectivity index (χ3v) is 5.56. The lowest BCUT2D eigenvalue weighted by atomic mass is 10.1. The van der Waals surface area contributed by atoms with E-state index in [0.717, 1.165) is 63.5 Å². The zero-order chi connectivity index (χ0) is 22.2. The predicted molar refractivity (Wildman–Crippen MR) is 123 cm³/mol. The number of rotatable bonds is 8. The molecule has 2 aliphatic rings. The molecule has 3 rings (SSSR count). The molecule has 1 aliphatic heterocycles. The lowest BCUT2D eigenvalue weighted by molar-refractivity contribution is -0.122. The van der Waals surface area contributed by atoms with Gasteiger partial charge in [0.15, 0.2) is 5.96 Å². The van der Waals surface area contributed by atoms with Crippen molar-refractivity contribution in [1.29, 1.82) is 0 Å². The van der Waals surface area contributed by atoms with Crippen LogP contribution < -0.4 is 10.6 Å². The van der Waals surface area contributed by atoms with E-state index in [-0.39, 0.29) is 11.8 Å². The van der Waals surface area contributed by atoms with Gasteiger partial charge in [-0.3, -0.25) is 19.5 Å². The van der Waals surface area contributed by atoms with Crippen LogP contribution in [0.4, 0.5) is 0 Å². The van der Waals surface area contributed by atoms with Crippen molar-refractivity contribution in [2.75, 3.05) is 59.9 Å². The van der Waals surface area contributed by atoms with Crippen LogP contribution in [0.25, 0.3) is 0 Å². The number of hydrogen-bond donors (Lipinski definition) is 2. The number of hydrogen-bond acceptors (Lipinski definition) is 4. The Kier molecular flexibility index (Phi) is 8.28. The Hall–Kier alpha value is -2.61. The number of carbonyl (C=O) groups excluding carboxylic acids is 2. The van der Waals surface area contributed by atoms with Crippen molar-refractivity contribution in [2.45, 2.75) is 32.2 Å². The van der Waals surface area contributed by atoms with Gasteiger partial charge in [0.05, 0.1) is 6.54 Å². The number of amides is 2. The van der Waals surface area contributed by atoms with Crippen LogP contribution in [0.1, 0.15) is 35.7 Å². The van der Waals surface area contributed by atoms with E-state index in [2.05, 4.69) is 27.4 Å². The summed E-state index contributed by atoms with van der Waals surface area (Å²) in [6, 6.07) is 8.20. The minimum Gasteiger partial charge on any atom is -0.357 e. The van der Waals surface area contributed by atoms with Crippen LogP contribution >= 0.6 is 0 Å². The Morgan fingerprint density at radius 2 is 1.90 bits per heavy atom. The fourth-order valence-corrected chi connectivity index (χ4v) is 3.66. The zero-order valence-electron chi connectivity index (χ0n) is 19.1. The highest BCUT2D eigenvalue weighted by molar-refractivity contribution is 5.94. The maximum Gasteiger partial charge on any atom is 0.253 e. The monoisotopic (exact) mass is 428 g/mol. The van der Waals surface area contributed by atoms with Gasteiger partial charge in [-0.15, -0.1) is 0 Å². The summed E-state index contributed by atoms with van der Waals surface area (Å²) in [6.07, 6.45) is 3.03. The first-order valence-corrected chi connectivity index (χ1v) is 11.3. The van der Waals surface area contributed by atoms with Gasteiger partial charge in [0.2, 0.25) is 5.91 Å². The SMILES string of the molecule is CCNC(=NCCc1cccc(C(=O)N(C)C)c1)N1CCN(CC(=O)NC2CC2)CC1. The van der Waals surface area contributed by atoms with Gasteiger partial charge < -0.3 is 20.4 Å². The second-order valence-electron chi connectivity index (χ2n) is 8.49. The van der Waals surface area contributed by atoms with Gasteiger partial charge in [0, 0.05) is 65.0 Å². The molecule has 31 heavy (non-hydrogen) atoms. The van der Waals surface area contributed by atoms with Crippen molar-refractivity contribution < 1.29 is 9.59 Å². The van der Waals surface area contributed by atoms with Gasteiger partial charge in [-0.05, 0) is 43.9 Å². The topological polar surface area (TPSA) is 80.3 Å². The summed E-state index contributed by atoms with van der Waals surface area (Å²) in [5, 5.41) is 6.45. The third-order valence-electron chi connectivity index (χ3n) is 5.56. The molecule has 1 saturated carbocycles. The van der Waals surface area contributed by atoms with Gasteiger partial charge in [0.25, 0.3) is 5.91 Å². The predicted octanol–water partition coefficient (Wildman–Crippen LogP) is 0.793. The number of aliphatic imine (C=N–C) groups is 1. The molecule has 1 aromatic carbocycles. The Balaban J connectivity index is 1.49. The molecule has 0 aromatic heterocycles. The number of benzene rings is 1. The Bertz CT molecular complexity index is 782. The normalized spacial score (nSPS) is 17.4. The minimum absolute atomic E-state index is 0.0161. The first-order chi connectivity index (χ1) is 15.0. The van der Waals surface area contributed by atoms with Crippen molar-refractivity contribution in [2.24, 2.45) is 4.99 Å². The molecule has 1 aliphatic carbocycles. The van der Waals surface area contributed by atoms with Gasteiger partial charge in [-0.1, -0.05) is 12.1 Å².